The second-order valence-electron chi connectivity index (χ2n) is 6.18. The SMILES string of the molecule is COc1ccc(CCC(=O)N2CCC(C3OCCO3)CC2)cc1. The summed E-state index contributed by atoms with van der Waals surface area (Å²) in [4.78, 5) is 14.3. The molecule has 0 spiro atoms. The van der Waals surface area contributed by atoms with E-state index in [-0.39, 0.29) is 12.2 Å². The van der Waals surface area contributed by atoms with Crippen LogP contribution in [-0.2, 0) is 20.7 Å². The molecule has 0 saturated carbocycles. The molecule has 0 aromatic heterocycles. The first-order valence-electron chi connectivity index (χ1n) is 8.40. The number of aryl methyl sites for hydroxylation is 1. The molecule has 2 heterocycles. The Balaban J connectivity index is 1.42. The summed E-state index contributed by atoms with van der Waals surface area (Å²) < 4.78 is 16.3. The topological polar surface area (TPSA) is 48.0 Å². The summed E-state index contributed by atoms with van der Waals surface area (Å²) >= 11 is 0. The molecular weight excluding hydrogens is 294 g/mol. The largest absolute Gasteiger partial charge is 0.497 e. The van der Waals surface area contributed by atoms with Gasteiger partial charge in [-0.1, -0.05) is 12.1 Å². The van der Waals surface area contributed by atoms with E-state index in [1.807, 2.05) is 29.2 Å². The molecule has 0 N–H and O–H groups in total. The number of rotatable bonds is 5. The van der Waals surface area contributed by atoms with E-state index in [0.717, 1.165) is 38.1 Å². The number of amides is 1. The highest BCUT2D eigenvalue weighted by atomic mass is 16.7. The highest BCUT2D eigenvalue weighted by molar-refractivity contribution is 5.76. The molecule has 126 valence electrons. The number of hydrogen-bond donors (Lipinski definition) is 0. The van der Waals surface area contributed by atoms with Crippen LogP contribution in [0, 0.1) is 5.92 Å². The minimum Gasteiger partial charge on any atom is -0.497 e. The summed E-state index contributed by atoms with van der Waals surface area (Å²) in [7, 11) is 1.66. The van der Waals surface area contributed by atoms with Crippen LogP contribution in [0.2, 0.25) is 0 Å². The van der Waals surface area contributed by atoms with Crippen LogP contribution in [0.1, 0.15) is 24.8 Å². The summed E-state index contributed by atoms with van der Waals surface area (Å²) in [6, 6.07) is 7.92. The normalized spacial score (nSPS) is 20.0. The molecule has 3 rings (SSSR count). The van der Waals surface area contributed by atoms with Crippen molar-refractivity contribution in [2.45, 2.75) is 32.0 Å². The molecule has 0 unspecified atom stereocenters. The van der Waals surface area contributed by atoms with E-state index in [1.54, 1.807) is 7.11 Å². The van der Waals surface area contributed by atoms with Crippen LogP contribution in [-0.4, -0.2) is 50.5 Å². The van der Waals surface area contributed by atoms with E-state index >= 15 is 0 Å². The first kappa shape index (κ1) is 16.3. The van der Waals surface area contributed by atoms with Crippen LogP contribution in [0.15, 0.2) is 24.3 Å². The summed E-state index contributed by atoms with van der Waals surface area (Å²) in [5, 5.41) is 0. The van der Waals surface area contributed by atoms with E-state index in [0.29, 0.717) is 25.6 Å². The summed E-state index contributed by atoms with van der Waals surface area (Å²) in [6.45, 7) is 3.03. The third-order valence-electron chi connectivity index (χ3n) is 4.71. The molecule has 2 fully saturated rings. The number of benzene rings is 1. The number of hydrogen-bond acceptors (Lipinski definition) is 4. The number of likely N-dealkylation sites (tertiary alicyclic amines) is 1. The number of nitrogens with zero attached hydrogens (tertiary/aromatic N) is 1. The van der Waals surface area contributed by atoms with Gasteiger partial charge in [-0.05, 0) is 37.0 Å². The fourth-order valence-electron chi connectivity index (χ4n) is 3.27. The lowest BCUT2D eigenvalue weighted by molar-refractivity contribution is -0.136. The Bertz CT molecular complexity index is 502. The molecule has 0 atom stereocenters. The van der Waals surface area contributed by atoms with Crippen molar-refractivity contribution in [3.8, 4) is 5.75 Å². The zero-order chi connectivity index (χ0) is 16.1. The summed E-state index contributed by atoms with van der Waals surface area (Å²) in [6.07, 6.45) is 3.23. The van der Waals surface area contributed by atoms with Gasteiger partial charge in [0.2, 0.25) is 5.91 Å². The number of methoxy groups -OCH3 is 1. The molecule has 5 heteroatoms. The average molecular weight is 319 g/mol. The van der Waals surface area contributed by atoms with E-state index in [1.165, 1.54) is 5.56 Å². The maximum atomic E-state index is 12.4. The molecular formula is C18H25NO4. The maximum Gasteiger partial charge on any atom is 0.222 e. The van der Waals surface area contributed by atoms with Crippen LogP contribution < -0.4 is 4.74 Å². The molecule has 23 heavy (non-hydrogen) atoms. The summed E-state index contributed by atoms with van der Waals surface area (Å²) in [5.74, 6) is 1.52. The van der Waals surface area contributed by atoms with Gasteiger partial charge in [-0.25, -0.2) is 0 Å². The first-order chi connectivity index (χ1) is 11.3. The van der Waals surface area contributed by atoms with Crippen LogP contribution in [0.5, 0.6) is 5.75 Å². The van der Waals surface area contributed by atoms with Crippen molar-refractivity contribution in [2.75, 3.05) is 33.4 Å². The van der Waals surface area contributed by atoms with Crippen LogP contribution >= 0.6 is 0 Å². The van der Waals surface area contributed by atoms with Gasteiger partial charge in [-0.3, -0.25) is 4.79 Å². The molecule has 5 nitrogen and oxygen atoms in total. The van der Waals surface area contributed by atoms with Gasteiger partial charge < -0.3 is 19.1 Å². The standard InChI is InChI=1S/C18H25NO4/c1-21-16-5-2-14(3-6-16)4-7-17(20)19-10-8-15(9-11-19)18-22-12-13-23-18/h2-3,5-6,15,18H,4,7-13H2,1H3. The molecule has 2 aliphatic heterocycles. The van der Waals surface area contributed by atoms with Crippen molar-refractivity contribution >= 4 is 5.91 Å². The number of piperidine rings is 1. The van der Waals surface area contributed by atoms with Gasteiger partial charge in [0.05, 0.1) is 20.3 Å². The van der Waals surface area contributed by atoms with Gasteiger partial charge in [0.25, 0.3) is 0 Å². The molecule has 2 aliphatic rings. The average Bonchev–Trinajstić information content (AvgIpc) is 3.15. The van der Waals surface area contributed by atoms with Crippen molar-refractivity contribution < 1.29 is 19.0 Å². The Labute approximate surface area is 137 Å². The van der Waals surface area contributed by atoms with Gasteiger partial charge in [0, 0.05) is 25.4 Å². The van der Waals surface area contributed by atoms with Gasteiger partial charge in [-0.2, -0.15) is 0 Å². The Kier molecular flexibility index (Phi) is 5.51. The Morgan fingerprint density at radius 2 is 1.83 bits per heavy atom. The van der Waals surface area contributed by atoms with Gasteiger partial charge in [0.1, 0.15) is 5.75 Å². The van der Waals surface area contributed by atoms with Gasteiger partial charge in [-0.15, -0.1) is 0 Å². The lowest BCUT2D eigenvalue weighted by Crippen LogP contribution is -2.41. The highest BCUT2D eigenvalue weighted by Crippen LogP contribution is 2.26. The zero-order valence-corrected chi connectivity index (χ0v) is 13.7. The molecule has 1 aromatic carbocycles. The molecule has 1 amide bonds. The third-order valence-corrected chi connectivity index (χ3v) is 4.71. The minimum absolute atomic E-state index is 0.0495. The molecule has 2 saturated heterocycles. The predicted molar refractivity (Wildman–Crippen MR) is 86.3 cm³/mol. The Morgan fingerprint density at radius 1 is 1.17 bits per heavy atom. The smallest absolute Gasteiger partial charge is 0.222 e. The minimum atomic E-state index is -0.0495. The monoisotopic (exact) mass is 319 g/mol. The first-order valence-corrected chi connectivity index (χ1v) is 8.40. The number of carbonyl (C=O) groups is 1. The van der Waals surface area contributed by atoms with E-state index in [4.69, 9.17) is 14.2 Å². The van der Waals surface area contributed by atoms with Crippen molar-refractivity contribution in [3.05, 3.63) is 29.8 Å². The maximum absolute atomic E-state index is 12.4. The van der Waals surface area contributed by atoms with Gasteiger partial charge >= 0.3 is 0 Å². The Hall–Kier alpha value is -1.59. The molecule has 1 aromatic rings. The number of carbonyl (C=O) groups excluding carboxylic acids is 1. The predicted octanol–water partition coefficient (Wildman–Crippen LogP) is 2.24. The van der Waals surface area contributed by atoms with E-state index in [2.05, 4.69) is 0 Å². The molecule has 0 aliphatic carbocycles. The van der Waals surface area contributed by atoms with Crippen LogP contribution in [0.4, 0.5) is 0 Å². The quantitative estimate of drug-likeness (QED) is 0.835. The lowest BCUT2D eigenvalue weighted by atomic mass is 9.95. The van der Waals surface area contributed by atoms with Crippen molar-refractivity contribution in [2.24, 2.45) is 5.92 Å². The summed E-state index contributed by atoms with van der Waals surface area (Å²) in [5.41, 5.74) is 1.17. The lowest BCUT2D eigenvalue weighted by Gasteiger charge is -2.34. The van der Waals surface area contributed by atoms with Crippen molar-refractivity contribution in [3.63, 3.8) is 0 Å². The fourth-order valence-corrected chi connectivity index (χ4v) is 3.27. The van der Waals surface area contributed by atoms with E-state index < -0.39 is 0 Å². The third kappa shape index (κ3) is 4.24. The second kappa shape index (κ2) is 7.79. The van der Waals surface area contributed by atoms with Crippen molar-refractivity contribution in [1.82, 2.24) is 4.90 Å². The van der Waals surface area contributed by atoms with Gasteiger partial charge in [0.15, 0.2) is 6.29 Å². The fraction of sp³-hybridized carbons (Fsp3) is 0.611. The molecule has 0 radical (unpaired) electrons. The van der Waals surface area contributed by atoms with E-state index in [9.17, 15) is 4.79 Å². The number of ether oxygens (including phenoxy) is 3. The zero-order valence-electron chi connectivity index (χ0n) is 13.7. The highest BCUT2D eigenvalue weighted by Gasteiger charge is 2.31. The molecule has 0 bridgehead atoms. The Morgan fingerprint density at radius 3 is 2.43 bits per heavy atom. The van der Waals surface area contributed by atoms with Crippen LogP contribution in [0.3, 0.4) is 0 Å². The van der Waals surface area contributed by atoms with Crippen molar-refractivity contribution in [1.29, 1.82) is 0 Å². The second-order valence-corrected chi connectivity index (χ2v) is 6.18. The van der Waals surface area contributed by atoms with Crippen LogP contribution in [0.25, 0.3) is 0 Å².